The van der Waals surface area contributed by atoms with E-state index in [9.17, 15) is 10.2 Å². The molecule has 8 heteroatoms. The number of nitrogens with two attached hydrogens (primary N) is 1. The zero-order valence-corrected chi connectivity index (χ0v) is 16.0. The number of aryl methyl sites for hydroxylation is 1. The molecule has 3 rings (SSSR count). The van der Waals surface area contributed by atoms with Gasteiger partial charge in [0.05, 0.1) is 30.0 Å². The number of hydrogen-bond donors (Lipinski definition) is 4. The number of rotatable bonds is 5. The number of hydrogen-bond acceptors (Lipinski definition) is 8. The minimum absolute atomic E-state index is 0.0532. The lowest BCUT2D eigenvalue weighted by molar-refractivity contribution is 0.157. The van der Waals surface area contributed by atoms with Crippen molar-refractivity contribution in [2.24, 2.45) is 5.92 Å². The van der Waals surface area contributed by atoms with Gasteiger partial charge < -0.3 is 26.0 Å². The first-order chi connectivity index (χ1) is 13.5. The van der Waals surface area contributed by atoms with Crippen molar-refractivity contribution in [3.05, 3.63) is 35.2 Å². The molecule has 0 aliphatic heterocycles. The highest BCUT2D eigenvalue weighted by atomic mass is 16.5. The summed E-state index contributed by atoms with van der Waals surface area (Å²) in [4.78, 5) is 12.7. The third-order valence-electron chi connectivity index (χ3n) is 4.67. The van der Waals surface area contributed by atoms with E-state index >= 15 is 0 Å². The molecular formula is C20H25N5O3. The zero-order valence-electron chi connectivity index (χ0n) is 16.0. The molecule has 0 amide bonds. The fourth-order valence-electron chi connectivity index (χ4n) is 3.27. The highest BCUT2D eigenvalue weighted by Gasteiger charge is 2.33. The van der Waals surface area contributed by atoms with E-state index in [1.54, 1.807) is 12.3 Å². The molecule has 0 unspecified atom stereocenters. The lowest BCUT2D eigenvalue weighted by Crippen LogP contribution is -2.29. The zero-order chi connectivity index (χ0) is 20.1. The van der Waals surface area contributed by atoms with Crippen LogP contribution in [0.25, 0.3) is 0 Å². The second kappa shape index (κ2) is 8.87. The molecule has 1 saturated carbocycles. The first-order valence-corrected chi connectivity index (χ1v) is 9.30. The van der Waals surface area contributed by atoms with E-state index in [4.69, 9.17) is 10.5 Å². The van der Waals surface area contributed by atoms with Gasteiger partial charge in [0.25, 0.3) is 0 Å². The van der Waals surface area contributed by atoms with E-state index in [1.807, 2.05) is 19.9 Å². The highest BCUT2D eigenvalue weighted by Crippen LogP contribution is 2.29. The molecule has 8 nitrogen and oxygen atoms in total. The Morgan fingerprint density at radius 1 is 1.29 bits per heavy atom. The number of aliphatic hydroxyl groups is 2. The number of nitrogens with zero attached hydrogens (tertiary/aromatic N) is 3. The van der Waals surface area contributed by atoms with Crippen LogP contribution in [0.5, 0.6) is 5.88 Å². The molecular weight excluding hydrogens is 358 g/mol. The Bertz CT molecular complexity index is 876. The van der Waals surface area contributed by atoms with Crippen LogP contribution in [0, 0.1) is 24.7 Å². The Kier molecular flexibility index (Phi) is 6.29. The van der Waals surface area contributed by atoms with Crippen LogP contribution in [0.1, 0.15) is 36.6 Å². The smallest absolute Gasteiger partial charge is 0.222 e. The molecule has 2 aromatic heterocycles. The van der Waals surface area contributed by atoms with Crippen molar-refractivity contribution in [2.75, 3.05) is 24.3 Å². The fraction of sp³-hybridized carbons (Fsp3) is 0.450. The van der Waals surface area contributed by atoms with Crippen molar-refractivity contribution in [3.63, 3.8) is 0 Å². The highest BCUT2D eigenvalue weighted by molar-refractivity contribution is 5.60. The van der Waals surface area contributed by atoms with Crippen molar-refractivity contribution in [1.29, 1.82) is 0 Å². The molecule has 0 saturated heterocycles. The summed E-state index contributed by atoms with van der Waals surface area (Å²) < 4.78 is 5.33. The predicted molar refractivity (Wildman–Crippen MR) is 106 cm³/mol. The van der Waals surface area contributed by atoms with Crippen molar-refractivity contribution in [2.45, 2.75) is 38.8 Å². The second-order valence-corrected chi connectivity index (χ2v) is 6.80. The maximum Gasteiger partial charge on any atom is 0.222 e. The topological polar surface area (TPSA) is 126 Å². The molecule has 1 aliphatic rings. The van der Waals surface area contributed by atoms with Gasteiger partial charge in [-0.2, -0.15) is 4.98 Å². The molecule has 2 aromatic rings. The largest absolute Gasteiger partial charge is 0.478 e. The number of nitrogen functional groups attached to an aromatic ring is 1. The Balaban J connectivity index is 1.85. The fourth-order valence-corrected chi connectivity index (χ4v) is 3.27. The number of nitrogens with one attached hydrogen (secondary N) is 1. The van der Waals surface area contributed by atoms with Gasteiger partial charge in [-0.05, 0) is 38.7 Å². The summed E-state index contributed by atoms with van der Waals surface area (Å²) in [5, 5.41) is 22.8. The molecule has 1 aliphatic carbocycles. The van der Waals surface area contributed by atoms with E-state index in [2.05, 4.69) is 32.1 Å². The van der Waals surface area contributed by atoms with Gasteiger partial charge in [-0.1, -0.05) is 11.8 Å². The first kappa shape index (κ1) is 19.9. The average Bonchev–Trinajstić information content (AvgIpc) is 3.02. The van der Waals surface area contributed by atoms with E-state index in [0.29, 0.717) is 42.4 Å². The van der Waals surface area contributed by atoms with Gasteiger partial charge in [-0.3, -0.25) is 0 Å². The third kappa shape index (κ3) is 4.68. The molecule has 3 atom stereocenters. The molecule has 0 spiro atoms. The van der Waals surface area contributed by atoms with Crippen LogP contribution in [0.15, 0.2) is 18.3 Å². The van der Waals surface area contributed by atoms with Crippen LogP contribution < -0.4 is 15.8 Å². The van der Waals surface area contributed by atoms with Gasteiger partial charge in [-0.15, -0.1) is 0 Å². The molecule has 148 valence electrons. The van der Waals surface area contributed by atoms with Gasteiger partial charge in [-0.25, -0.2) is 9.97 Å². The summed E-state index contributed by atoms with van der Waals surface area (Å²) in [6, 6.07) is 3.37. The van der Waals surface area contributed by atoms with Crippen LogP contribution in [0.2, 0.25) is 0 Å². The molecule has 1 fully saturated rings. The maximum atomic E-state index is 10.3. The quantitative estimate of drug-likeness (QED) is 0.566. The second-order valence-electron chi connectivity index (χ2n) is 6.80. The van der Waals surface area contributed by atoms with Crippen molar-refractivity contribution < 1.29 is 14.9 Å². The normalized spacial score (nSPS) is 21.1. The van der Waals surface area contributed by atoms with Crippen molar-refractivity contribution in [1.82, 2.24) is 15.0 Å². The Morgan fingerprint density at radius 3 is 2.75 bits per heavy atom. The average molecular weight is 383 g/mol. The molecule has 0 aromatic carbocycles. The minimum Gasteiger partial charge on any atom is -0.478 e. The molecule has 28 heavy (non-hydrogen) atoms. The standard InChI is InChI=1S/C20H25N5O3/c1-3-28-18-7-5-13(10-22-18)4-6-15-12(2)23-20(21)25-19(15)24-16-8-14(11-26)9-17(16)27/h5,7,10,14,16-17,26-27H,3,8-9,11H2,1-2H3,(H3,21,23,24,25)/t14-,16+,17+/m0/s1. The third-order valence-corrected chi connectivity index (χ3v) is 4.67. The maximum absolute atomic E-state index is 10.3. The monoisotopic (exact) mass is 383 g/mol. The molecule has 2 heterocycles. The minimum atomic E-state index is -0.565. The van der Waals surface area contributed by atoms with Crippen LogP contribution in [0.3, 0.4) is 0 Å². The summed E-state index contributed by atoms with van der Waals surface area (Å²) >= 11 is 0. The number of aromatic nitrogens is 3. The summed E-state index contributed by atoms with van der Waals surface area (Å²) in [7, 11) is 0. The predicted octanol–water partition coefficient (Wildman–Crippen LogP) is 1.10. The lowest BCUT2D eigenvalue weighted by atomic mass is 10.1. The van der Waals surface area contributed by atoms with Gasteiger partial charge in [0, 0.05) is 24.4 Å². The summed E-state index contributed by atoms with van der Waals surface area (Å²) in [5.74, 6) is 7.38. The molecule has 5 N–H and O–H groups in total. The van der Waals surface area contributed by atoms with Crippen molar-refractivity contribution in [3.8, 4) is 17.7 Å². The van der Waals surface area contributed by atoms with Gasteiger partial charge >= 0.3 is 0 Å². The SMILES string of the molecule is CCOc1ccc(C#Cc2c(C)nc(N)nc2N[C@@H]2C[C@H](CO)C[C@H]2O)cn1. The lowest BCUT2D eigenvalue weighted by Gasteiger charge is -2.19. The van der Waals surface area contributed by atoms with Gasteiger partial charge in [0.2, 0.25) is 11.8 Å². The Hall–Kier alpha value is -2.89. The number of anilines is 2. The van der Waals surface area contributed by atoms with Crippen LogP contribution in [0.4, 0.5) is 11.8 Å². The van der Waals surface area contributed by atoms with E-state index in [1.165, 1.54) is 0 Å². The summed E-state index contributed by atoms with van der Waals surface area (Å²) in [5.41, 5.74) is 7.79. The van der Waals surface area contributed by atoms with E-state index < -0.39 is 6.10 Å². The van der Waals surface area contributed by atoms with Gasteiger partial charge in [0.1, 0.15) is 5.82 Å². The van der Waals surface area contributed by atoms with Gasteiger partial charge in [0.15, 0.2) is 0 Å². The first-order valence-electron chi connectivity index (χ1n) is 9.30. The molecule has 0 radical (unpaired) electrons. The van der Waals surface area contributed by atoms with Crippen LogP contribution in [-0.2, 0) is 0 Å². The Morgan fingerprint density at radius 2 is 2.11 bits per heavy atom. The van der Waals surface area contributed by atoms with Crippen LogP contribution >= 0.6 is 0 Å². The van der Waals surface area contributed by atoms with Crippen molar-refractivity contribution >= 4 is 11.8 Å². The number of ether oxygens (including phenoxy) is 1. The Labute approximate surface area is 164 Å². The van der Waals surface area contributed by atoms with E-state index in [0.717, 1.165) is 5.56 Å². The van der Waals surface area contributed by atoms with E-state index in [-0.39, 0.29) is 24.5 Å². The number of pyridine rings is 1. The summed E-state index contributed by atoms with van der Waals surface area (Å²) in [6.45, 7) is 4.32. The number of aliphatic hydroxyl groups excluding tert-OH is 2. The molecule has 0 bridgehead atoms. The van der Waals surface area contributed by atoms with Crippen LogP contribution in [-0.4, -0.2) is 50.5 Å². The summed E-state index contributed by atoms with van der Waals surface area (Å²) in [6.07, 6.45) is 2.28.